The van der Waals surface area contributed by atoms with Gasteiger partial charge in [-0.1, -0.05) is 0 Å². The second kappa shape index (κ2) is 6.40. The van der Waals surface area contributed by atoms with Crippen LogP contribution in [-0.4, -0.2) is 44.8 Å². The second-order valence-corrected chi connectivity index (χ2v) is 4.54. The molecule has 0 bridgehead atoms. The van der Waals surface area contributed by atoms with Gasteiger partial charge in [0.05, 0.1) is 13.2 Å². The summed E-state index contributed by atoms with van der Waals surface area (Å²) in [7, 11) is 0. The number of nitrogens with one attached hydrogen (secondary N) is 1. The van der Waals surface area contributed by atoms with E-state index < -0.39 is 11.9 Å². The van der Waals surface area contributed by atoms with E-state index in [2.05, 4.69) is 10.2 Å². The third kappa shape index (κ3) is 3.84. The number of amides is 1. The molecule has 1 aromatic rings. The number of nitrogens with two attached hydrogens (primary N) is 2. The maximum Gasteiger partial charge on any atom is 0.236 e. The van der Waals surface area contributed by atoms with Gasteiger partial charge in [0.2, 0.25) is 5.91 Å². The van der Waals surface area contributed by atoms with Gasteiger partial charge in [0.15, 0.2) is 0 Å². The molecule has 1 aliphatic rings. The Balaban J connectivity index is 1.89. The number of rotatable bonds is 5. The first-order valence-electron chi connectivity index (χ1n) is 6.38. The zero-order valence-electron chi connectivity index (χ0n) is 10.8. The average molecular weight is 264 g/mol. The molecule has 6 nitrogen and oxygen atoms in total. The van der Waals surface area contributed by atoms with Crippen molar-refractivity contribution >= 4 is 17.3 Å². The van der Waals surface area contributed by atoms with Crippen LogP contribution in [0.3, 0.4) is 0 Å². The molecule has 0 aliphatic carbocycles. The number of anilines is 2. The normalized spacial score (nSPS) is 17.0. The molecule has 0 spiro atoms. The third-order valence-electron chi connectivity index (χ3n) is 3.14. The first kappa shape index (κ1) is 13.6. The minimum absolute atomic E-state index is 0.340. The van der Waals surface area contributed by atoms with Gasteiger partial charge < -0.3 is 26.4 Å². The Morgan fingerprint density at radius 2 is 1.95 bits per heavy atom. The van der Waals surface area contributed by atoms with Gasteiger partial charge >= 0.3 is 0 Å². The van der Waals surface area contributed by atoms with Crippen molar-refractivity contribution in [3.05, 3.63) is 24.3 Å². The van der Waals surface area contributed by atoms with Crippen molar-refractivity contribution in [1.82, 2.24) is 0 Å². The molecular weight excluding hydrogens is 244 g/mol. The molecule has 1 saturated heterocycles. The molecule has 19 heavy (non-hydrogen) atoms. The summed E-state index contributed by atoms with van der Waals surface area (Å²) in [5, 5.41) is 3.09. The molecule has 1 atom stereocenters. The van der Waals surface area contributed by atoms with Gasteiger partial charge in [-0.3, -0.25) is 4.79 Å². The Kier molecular flexibility index (Phi) is 4.59. The molecule has 5 N–H and O–H groups in total. The minimum Gasteiger partial charge on any atom is -0.383 e. The number of benzene rings is 1. The van der Waals surface area contributed by atoms with E-state index >= 15 is 0 Å². The van der Waals surface area contributed by atoms with Gasteiger partial charge in [0.25, 0.3) is 0 Å². The van der Waals surface area contributed by atoms with Crippen LogP contribution in [0.5, 0.6) is 0 Å². The number of carbonyl (C=O) groups excluding carboxylic acids is 1. The van der Waals surface area contributed by atoms with E-state index in [0.29, 0.717) is 6.54 Å². The number of hydrogen-bond donors (Lipinski definition) is 3. The van der Waals surface area contributed by atoms with Gasteiger partial charge in [-0.15, -0.1) is 0 Å². The minimum atomic E-state index is -0.668. The fourth-order valence-corrected chi connectivity index (χ4v) is 1.94. The quantitative estimate of drug-likeness (QED) is 0.681. The van der Waals surface area contributed by atoms with Crippen LogP contribution in [-0.2, 0) is 9.53 Å². The van der Waals surface area contributed by atoms with Gasteiger partial charge in [-0.25, -0.2) is 0 Å². The molecular formula is C13H20N4O2. The smallest absolute Gasteiger partial charge is 0.236 e. The van der Waals surface area contributed by atoms with Crippen LogP contribution in [0, 0.1) is 0 Å². The lowest BCUT2D eigenvalue weighted by Crippen LogP contribution is -2.41. The topological polar surface area (TPSA) is 93.6 Å². The van der Waals surface area contributed by atoms with E-state index in [-0.39, 0.29) is 0 Å². The standard InChI is InChI=1S/C13H20N4O2/c14-12(13(15)18)9-16-10-1-3-11(4-2-10)17-5-7-19-8-6-17/h1-4,12,16H,5-9,14H2,(H2,15,18). The summed E-state index contributed by atoms with van der Waals surface area (Å²) in [6, 6.07) is 7.36. The highest BCUT2D eigenvalue weighted by atomic mass is 16.5. The summed E-state index contributed by atoms with van der Waals surface area (Å²) in [5.74, 6) is -0.502. The summed E-state index contributed by atoms with van der Waals surface area (Å²) in [6.45, 7) is 3.71. The number of ether oxygens (including phenoxy) is 1. The summed E-state index contributed by atoms with van der Waals surface area (Å²) >= 11 is 0. The highest BCUT2D eigenvalue weighted by Crippen LogP contribution is 2.18. The van der Waals surface area contributed by atoms with Crippen LogP contribution in [0.4, 0.5) is 11.4 Å². The maximum atomic E-state index is 10.8. The van der Waals surface area contributed by atoms with E-state index in [1.165, 1.54) is 5.69 Å². The first-order chi connectivity index (χ1) is 9.16. The molecule has 6 heteroatoms. The summed E-state index contributed by atoms with van der Waals surface area (Å²) in [6.07, 6.45) is 0. The molecule has 0 aromatic heterocycles. The summed E-state index contributed by atoms with van der Waals surface area (Å²) in [5.41, 5.74) is 12.8. The van der Waals surface area contributed by atoms with Crippen molar-refractivity contribution in [3.63, 3.8) is 0 Å². The van der Waals surface area contributed by atoms with Crippen molar-refractivity contribution in [3.8, 4) is 0 Å². The van der Waals surface area contributed by atoms with Crippen LogP contribution >= 0.6 is 0 Å². The lowest BCUT2D eigenvalue weighted by molar-refractivity contribution is -0.118. The highest BCUT2D eigenvalue weighted by molar-refractivity contribution is 5.80. The van der Waals surface area contributed by atoms with Crippen molar-refractivity contribution < 1.29 is 9.53 Å². The van der Waals surface area contributed by atoms with Crippen LogP contribution < -0.4 is 21.7 Å². The number of nitrogens with zero attached hydrogens (tertiary/aromatic N) is 1. The lowest BCUT2D eigenvalue weighted by Gasteiger charge is -2.29. The van der Waals surface area contributed by atoms with Gasteiger partial charge in [0.1, 0.15) is 6.04 Å². The molecule has 1 heterocycles. The van der Waals surface area contributed by atoms with Crippen molar-refractivity contribution in [2.45, 2.75) is 6.04 Å². The predicted molar refractivity (Wildman–Crippen MR) is 75.1 cm³/mol. The number of morpholine rings is 1. The van der Waals surface area contributed by atoms with E-state index in [0.717, 1.165) is 32.0 Å². The first-order valence-corrected chi connectivity index (χ1v) is 6.38. The average Bonchev–Trinajstić information content (AvgIpc) is 2.46. The van der Waals surface area contributed by atoms with Crippen LogP contribution in [0.2, 0.25) is 0 Å². The molecule has 1 aromatic carbocycles. The predicted octanol–water partition coefficient (Wildman–Crippen LogP) is -0.252. The SMILES string of the molecule is NC(=O)C(N)CNc1ccc(N2CCOCC2)cc1. The number of carbonyl (C=O) groups is 1. The fraction of sp³-hybridized carbons (Fsp3) is 0.462. The lowest BCUT2D eigenvalue weighted by atomic mass is 10.2. The zero-order valence-corrected chi connectivity index (χ0v) is 10.8. The monoisotopic (exact) mass is 264 g/mol. The molecule has 0 saturated carbocycles. The van der Waals surface area contributed by atoms with Gasteiger partial charge in [-0.2, -0.15) is 0 Å². The van der Waals surface area contributed by atoms with E-state index in [1.54, 1.807) is 0 Å². The molecule has 0 radical (unpaired) electrons. The fourth-order valence-electron chi connectivity index (χ4n) is 1.94. The summed E-state index contributed by atoms with van der Waals surface area (Å²) < 4.78 is 5.32. The van der Waals surface area contributed by atoms with Crippen LogP contribution in [0.15, 0.2) is 24.3 Å². The Morgan fingerprint density at radius 3 is 2.53 bits per heavy atom. The molecule has 2 rings (SSSR count). The molecule has 104 valence electrons. The van der Waals surface area contributed by atoms with Crippen molar-refractivity contribution in [1.29, 1.82) is 0 Å². The van der Waals surface area contributed by atoms with E-state index in [4.69, 9.17) is 16.2 Å². The van der Waals surface area contributed by atoms with Crippen LogP contribution in [0.25, 0.3) is 0 Å². The third-order valence-corrected chi connectivity index (χ3v) is 3.14. The summed E-state index contributed by atoms with van der Waals surface area (Å²) in [4.78, 5) is 13.1. The highest BCUT2D eigenvalue weighted by Gasteiger charge is 2.11. The number of primary amides is 1. The van der Waals surface area contributed by atoms with E-state index in [9.17, 15) is 4.79 Å². The van der Waals surface area contributed by atoms with Gasteiger partial charge in [0, 0.05) is 31.0 Å². The van der Waals surface area contributed by atoms with Crippen LogP contribution in [0.1, 0.15) is 0 Å². The Morgan fingerprint density at radius 1 is 1.32 bits per heavy atom. The number of hydrogen-bond acceptors (Lipinski definition) is 5. The van der Waals surface area contributed by atoms with Crippen molar-refractivity contribution in [2.75, 3.05) is 43.1 Å². The largest absolute Gasteiger partial charge is 0.383 e. The Bertz CT molecular complexity index is 415. The molecule has 1 unspecified atom stereocenters. The Labute approximate surface area is 112 Å². The zero-order chi connectivity index (χ0) is 13.7. The second-order valence-electron chi connectivity index (χ2n) is 4.54. The van der Waals surface area contributed by atoms with Crippen molar-refractivity contribution in [2.24, 2.45) is 11.5 Å². The molecule has 1 aliphatic heterocycles. The van der Waals surface area contributed by atoms with E-state index in [1.807, 2.05) is 24.3 Å². The van der Waals surface area contributed by atoms with Gasteiger partial charge in [-0.05, 0) is 24.3 Å². The molecule has 1 amide bonds. The Hall–Kier alpha value is -1.79. The molecule has 1 fully saturated rings. The maximum absolute atomic E-state index is 10.8.